The van der Waals surface area contributed by atoms with Crippen LogP contribution in [0.15, 0.2) is 57.5 Å². The summed E-state index contributed by atoms with van der Waals surface area (Å²) in [4.78, 5) is 43.5. The molecule has 2 heterocycles. The van der Waals surface area contributed by atoms with E-state index in [0.717, 1.165) is 24.8 Å². The maximum Gasteiger partial charge on any atom is 0.338 e. The smallest absolute Gasteiger partial charge is 0.338 e. The van der Waals surface area contributed by atoms with Gasteiger partial charge in [-0.25, -0.2) is 9.79 Å². The first-order chi connectivity index (χ1) is 20.2. The van der Waals surface area contributed by atoms with Crippen molar-refractivity contribution in [2.24, 2.45) is 4.99 Å². The summed E-state index contributed by atoms with van der Waals surface area (Å²) in [6.45, 7) is 5.72. The van der Waals surface area contributed by atoms with Gasteiger partial charge in [0.15, 0.2) is 27.8 Å². The molecule has 1 unspecified atom stereocenters. The van der Waals surface area contributed by atoms with Gasteiger partial charge in [0.05, 0.1) is 49.8 Å². The Hall–Kier alpha value is -4.38. The predicted molar refractivity (Wildman–Crippen MR) is 158 cm³/mol. The largest absolute Gasteiger partial charge is 0.493 e. The van der Waals surface area contributed by atoms with Gasteiger partial charge in [-0.3, -0.25) is 14.2 Å². The maximum absolute atomic E-state index is 13.9. The van der Waals surface area contributed by atoms with Crippen molar-refractivity contribution >= 4 is 29.4 Å². The molecule has 0 saturated heterocycles. The predicted octanol–water partition coefficient (Wildman–Crippen LogP) is 3.92. The number of ether oxygens (including phenoxy) is 5. The molecule has 0 spiro atoms. The number of benzene rings is 2. The Labute approximate surface area is 247 Å². The van der Waals surface area contributed by atoms with Crippen molar-refractivity contribution in [3.8, 4) is 23.0 Å². The summed E-state index contributed by atoms with van der Waals surface area (Å²) in [5.41, 5.74) is 1.60. The maximum atomic E-state index is 13.9. The first-order valence-electron chi connectivity index (χ1n) is 13.5. The molecule has 4 rings (SSSR count). The van der Waals surface area contributed by atoms with Gasteiger partial charge in [0.2, 0.25) is 0 Å². The number of rotatable bonds is 11. The monoisotopic (exact) mass is 594 g/mol. The highest BCUT2D eigenvalue weighted by Gasteiger charge is 2.33. The standard InChI is InChI=1S/C31H34N2O8S/c1-7-8-9-14-40-22-12-10-20(15-24(22)37-4)16-26-29(35)33-28(27(30(36)39-6)18(2)32-31(33)42-26)21-11-13-23(41-19(3)34)25(17-21)38-5/h10-13,15-17,28H,7-9,14H2,1-6H3. The molecule has 222 valence electrons. The summed E-state index contributed by atoms with van der Waals surface area (Å²) >= 11 is 1.21. The van der Waals surface area contributed by atoms with Crippen LogP contribution >= 0.6 is 11.3 Å². The molecule has 0 fully saturated rings. The molecule has 42 heavy (non-hydrogen) atoms. The topological polar surface area (TPSA) is 115 Å². The van der Waals surface area contributed by atoms with Crippen LogP contribution < -0.4 is 33.8 Å². The van der Waals surface area contributed by atoms with Gasteiger partial charge in [-0.2, -0.15) is 0 Å². The van der Waals surface area contributed by atoms with Crippen LogP contribution in [-0.2, 0) is 14.3 Å². The Kier molecular flexibility index (Phi) is 9.84. The van der Waals surface area contributed by atoms with Gasteiger partial charge < -0.3 is 23.7 Å². The summed E-state index contributed by atoms with van der Waals surface area (Å²) < 4.78 is 29.1. The van der Waals surface area contributed by atoms with E-state index in [-0.39, 0.29) is 22.6 Å². The number of hydrogen-bond acceptors (Lipinski definition) is 10. The molecule has 1 atom stereocenters. The van der Waals surface area contributed by atoms with Crippen LogP contribution in [-0.4, -0.2) is 44.4 Å². The van der Waals surface area contributed by atoms with Crippen molar-refractivity contribution in [3.05, 3.63) is 78.5 Å². The van der Waals surface area contributed by atoms with Crippen molar-refractivity contribution in [2.75, 3.05) is 27.9 Å². The van der Waals surface area contributed by atoms with E-state index < -0.39 is 18.0 Å². The fraction of sp³-hybridized carbons (Fsp3) is 0.355. The number of carbonyl (C=O) groups is 2. The zero-order chi connectivity index (χ0) is 30.4. The lowest BCUT2D eigenvalue weighted by atomic mass is 9.95. The lowest BCUT2D eigenvalue weighted by Crippen LogP contribution is -2.39. The fourth-order valence-electron chi connectivity index (χ4n) is 4.68. The van der Waals surface area contributed by atoms with Crippen LogP contribution in [0, 0.1) is 0 Å². The normalized spacial score (nSPS) is 14.6. The van der Waals surface area contributed by atoms with E-state index in [4.69, 9.17) is 23.7 Å². The second kappa shape index (κ2) is 13.5. The number of unbranched alkanes of at least 4 members (excludes halogenated alkanes) is 2. The van der Waals surface area contributed by atoms with Crippen molar-refractivity contribution in [1.29, 1.82) is 0 Å². The molecule has 1 aliphatic heterocycles. The number of allylic oxidation sites excluding steroid dienone is 1. The lowest BCUT2D eigenvalue weighted by Gasteiger charge is -2.25. The van der Waals surface area contributed by atoms with Crippen molar-refractivity contribution < 1.29 is 33.3 Å². The van der Waals surface area contributed by atoms with E-state index >= 15 is 0 Å². The summed E-state index contributed by atoms with van der Waals surface area (Å²) in [7, 11) is 4.29. The minimum atomic E-state index is -0.857. The number of hydrogen-bond donors (Lipinski definition) is 0. The molecule has 0 radical (unpaired) electrons. The molecule has 1 aromatic heterocycles. The number of fused-ring (bicyclic) bond motifs is 1. The third-order valence-corrected chi connectivity index (χ3v) is 7.66. The highest BCUT2D eigenvalue weighted by Crippen LogP contribution is 2.36. The third-order valence-electron chi connectivity index (χ3n) is 6.68. The van der Waals surface area contributed by atoms with Gasteiger partial charge in [0, 0.05) is 6.92 Å². The van der Waals surface area contributed by atoms with Crippen LogP contribution in [0.5, 0.6) is 23.0 Å². The van der Waals surface area contributed by atoms with Crippen LogP contribution in [0.3, 0.4) is 0 Å². The van der Waals surface area contributed by atoms with Gasteiger partial charge in [0.25, 0.3) is 5.56 Å². The SMILES string of the molecule is CCCCCOc1ccc(C=c2sc3n(c2=O)C(c2ccc(OC(C)=O)c(OC)c2)C(C(=O)OC)=C(C)N=3)cc1OC. The Balaban J connectivity index is 1.82. The first-order valence-corrected chi connectivity index (χ1v) is 14.3. The summed E-state index contributed by atoms with van der Waals surface area (Å²) in [5, 5.41) is 0. The number of thiazole rings is 1. The number of nitrogens with zero attached hydrogens (tertiary/aromatic N) is 2. The van der Waals surface area contributed by atoms with Crippen molar-refractivity contribution in [3.63, 3.8) is 0 Å². The van der Waals surface area contributed by atoms with Crippen LogP contribution in [0.4, 0.5) is 0 Å². The van der Waals surface area contributed by atoms with Gasteiger partial charge >= 0.3 is 11.9 Å². The van der Waals surface area contributed by atoms with Crippen LogP contribution in [0.2, 0.25) is 0 Å². The van der Waals surface area contributed by atoms with E-state index in [2.05, 4.69) is 11.9 Å². The second-order valence-corrected chi connectivity index (χ2v) is 10.6. The highest BCUT2D eigenvalue weighted by molar-refractivity contribution is 7.07. The van der Waals surface area contributed by atoms with E-state index in [1.54, 1.807) is 38.3 Å². The zero-order valence-electron chi connectivity index (χ0n) is 24.5. The van der Waals surface area contributed by atoms with E-state index in [0.29, 0.717) is 38.7 Å². The summed E-state index contributed by atoms with van der Waals surface area (Å²) in [6, 6.07) is 9.51. The van der Waals surface area contributed by atoms with Gasteiger partial charge in [0.1, 0.15) is 0 Å². The lowest BCUT2D eigenvalue weighted by molar-refractivity contribution is -0.136. The van der Waals surface area contributed by atoms with E-state index in [9.17, 15) is 14.4 Å². The number of methoxy groups -OCH3 is 3. The highest BCUT2D eigenvalue weighted by atomic mass is 32.1. The molecule has 1 aliphatic rings. The Morgan fingerprint density at radius 3 is 2.38 bits per heavy atom. The van der Waals surface area contributed by atoms with Gasteiger partial charge in [-0.1, -0.05) is 43.2 Å². The van der Waals surface area contributed by atoms with E-state index in [1.807, 2.05) is 18.2 Å². The Bertz CT molecular complexity index is 1700. The van der Waals surface area contributed by atoms with Gasteiger partial charge in [-0.05, 0) is 54.8 Å². The Morgan fingerprint density at radius 2 is 1.71 bits per heavy atom. The number of carbonyl (C=O) groups excluding carboxylic acids is 2. The molecule has 11 heteroatoms. The molecule has 0 aliphatic carbocycles. The molecule has 3 aromatic rings. The minimum absolute atomic E-state index is 0.213. The van der Waals surface area contributed by atoms with Crippen LogP contribution in [0.1, 0.15) is 57.2 Å². The molecule has 0 bridgehead atoms. The minimum Gasteiger partial charge on any atom is -0.493 e. The number of esters is 2. The molecular weight excluding hydrogens is 560 g/mol. The average molecular weight is 595 g/mol. The zero-order valence-corrected chi connectivity index (χ0v) is 25.3. The molecular formula is C31H34N2O8S. The average Bonchev–Trinajstić information content (AvgIpc) is 3.28. The van der Waals surface area contributed by atoms with E-state index in [1.165, 1.54) is 37.0 Å². The number of aromatic nitrogens is 1. The molecule has 0 saturated carbocycles. The third kappa shape index (κ3) is 6.41. The fourth-order valence-corrected chi connectivity index (χ4v) is 5.73. The van der Waals surface area contributed by atoms with Crippen LogP contribution in [0.25, 0.3) is 6.08 Å². The molecule has 2 aromatic carbocycles. The molecule has 10 nitrogen and oxygen atoms in total. The van der Waals surface area contributed by atoms with Crippen molar-refractivity contribution in [2.45, 2.75) is 46.1 Å². The molecule has 0 amide bonds. The molecule has 0 N–H and O–H groups in total. The Morgan fingerprint density at radius 1 is 1.00 bits per heavy atom. The first kappa shape index (κ1) is 30.6. The summed E-state index contributed by atoms with van der Waals surface area (Å²) in [6.07, 6.45) is 4.90. The van der Waals surface area contributed by atoms with Gasteiger partial charge in [-0.15, -0.1) is 0 Å². The summed E-state index contributed by atoms with van der Waals surface area (Å²) in [5.74, 6) is 0.568. The second-order valence-electron chi connectivity index (χ2n) is 9.54. The van der Waals surface area contributed by atoms with Crippen molar-refractivity contribution in [1.82, 2.24) is 4.57 Å². The quantitative estimate of drug-likeness (QED) is 0.187.